The third-order valence-corrected chi connectivity index (χ3v) is 4.10. The lowest BCUT2D eigenvalue weighted by molar-refractivity contribution is 0.102. The van der Waals surface area contributed by atoms with Gasteiger partial charge in [0, 0.05) is 22.3 Å². The molecule has 3 heteroatoms. The van der Waals surface area contributed by atoms with Crippen molar-refractivity contribution >= 4 is 22.5 Å². The molecule has 0 bridgehead atoms. The average molecular weight is 318 g/mol. The van der Waals surface area contributed by atoms with E-state index in [2.05, 4.69) is 31.1 Å². The van der Waals surface area contributed by atoms with E-state index in [1.54, 1.807) is 0 Å². The third-order valence-electron chi connectivity index (χ3n) is 4.10. The van der Waals surface area contributed by atoms with E-state index in [4.69, 9.17) is 0 Å². The van der Waals surface area contributed by atoms with E-state index in [0.29, 0.717) is 5.56 Å². The Bertz CT molecular complexity index is 890. The van der Waals surface area contributed by atoms with Gasteiger partial charge in [0.15, 0.2) is 0 Å². The van der Waals surface area contributed by atoms with Crippen LogP contribution in [0.2, 0.25) is 0 Å². The Morgan fingerprint density at radius 3 is 2.33 bits per heavy atom. The predicted octanol–water partition coefficient (Wildman–Crippen LogP) is 5.09. The first kappa shape index (κ1) is 16.2. The summed E-state index contributed by atoms with van der Waals surface area (Å²) in [7, 11) is 0. The van der Waals surface area contributed by atoms with Crippen LogP contribution in [0.4, 0.5) is 5.69 Å². The zero-order valence-corrected chi connectivity index (χ0v) is 14.6. The monoisotopic (exact) mass is 318 g/mol. The van der Waals surface area contributed by atoms with Crippen LogP contribution >= 0.6 is 0 Å². The second kappa shape index (κ2) is 6.08. The minimum Gasteiger partial charge on any atom is -0.322 e. The molecule has 0 aliphatic rings. The van der Waals surface area contributed by atoms with Crippen LogP contribution in [0.1, 0.15) is 42.4 Å². The molecule has 0 atom stereocenters. The Balaban J connectivity index is 1.80. The highest BCUT2D eigenvalue weighted by molar-refractivity contribution is 6.05. The molecule has 24 heavy (non-hydrogen) atoms. The number of rotatable bonds is 2. The molecule has 3 aromatic rings. The summed E-state index contributed by atoms with van der Waals surface area (Å²) in [5.74, 6) is -0.102. The molecule has 0 aliphatic carbocycles. The number of amides is 1. The van der Waals surface area contributed by atoms with Gasteiger partial charge < -0.3 is 5.32 Å². The van der Waals surface area contributed by atoms with Crippen molar-refractivity contribution in [2.24, 2.45) is 0 Å². The zero-order valence-electron chi connectivity index (χ0n) is 14.6. The first-order chi connectivity index (χ1) is 11.3. The largest absolute Gasteiger partial charge is 0.322 e. The fourth-order valence-electron chi connectivity index (χ4n) is 2.63. The van der Waals surface area contributed by atoms with Gasteiger partial charge in [0.2, 0.25) is 0 Å². The van der Waals surface area contributed by atoms with Gasteiger partial charge in [-0.1, -0.05) is 39.0 Å². The van der Waals surface area contributed by atoms with Crippen molar-refractivity contribution in [3.05, 3.63) is 71.4 Å². The number of hydrogen-bond acceptors (Lipinski definition) is 2. The highest BCUT2D eigenvalue weighted by Crippen LogP contribution is 2.23. The second-order valence-electron chi connectivity index (χ2n) is 7.14. The van der Waals surface area contributed by atoms with Crippen LogP contribution in [0.15, 0.2) is 54.6 Å². The number of anilines is 1. The molecule has 122 valence electrons. The van der Waals surface area contributed by atoms with E-state index in [1.807, 2.05) is 61.5 Å². The standard InChI is InChI=1S/C21H22N2O/c1-14-5-6-16-13-18(11-12-19(16)22-14)23-20(24)15-7-9-17(10-8-15)21(2,3)4/h5-13H,1-4H3,(H,23,24). The minimum atomic E-state index is -0.102. The van der Waals surface area contributed by atoms with Gasteiger partial charge >= 0.3 is 0 Å². The van der Waals surface area contributed by atoms with E-state index in [1.165, 1.54) is 5.56 Å². The number of aryl methyl sites for hydroxylation is 1. The van der Waals surface area contributed by atoms with Crippen LogP contribution in [-0.4, -0.2) is 10.9 Å². The van der Waals surface area contributed by atoms with Gasteiger partial charge in [-0.25, -0.2) is 0 Å². The van der Waals surface area contributed by atoms with Crippen molar-refractivity contribution in [2.45, 2.75) is 33.1 Å². The van der Waals surface area contributed by atoms with Crippen LogP contribution in [0.3, 0.4) is 0 Å². The summed E-state index contributed by atoms with van der Waals surface area (Å²) in [6.07, 6.45) is 0. The summed E-state index contributed by atoms with van der Waals surface area (Å²) in [4.78, 5) is 16.9. The first-order valence-electron chi connectivity index (χ1n) is 8.12. The van der Waals surface area contributed by atoms with Gasteiger partial charge in [-0.2, -0.15) is 0 Å². The van der Waals surface area contributed by atoms with Gasteiger partial charge in [0.25, 0.3) is 5.91 Å². The molecule has 2 aromatic carbocycles. The Morgan fingerprint density at radius 2 is 1.67 bits per heavy atom. The minimum absolute atomic E-state index is 0.0818. The summed E-state index contributed by atoms with van der Waals surface area (Å²) >= 11 is 0. The van der Waals surface area contributed by atoms with E-state index in [0.717, 1.165) is 22.3 Å². The van der Waals surface area contributed by atoms with Crippen LogP contribution in [0.5, 0.6) is 0 Å². The molecular formula is C21H22N2O. The SMILES string of the molecule is Cc1ccc2cc(NC(=O)c3ccc(C(C)(C)C)cc3)ccc2n1. The van der Waals surface area contributed by atoms with E-state index in [9.17, 15) is 4.79 Å². The van der Waals surface area contributed by atoms with Crippen molar-refractivity contribution in [3.63, 3.8) is 0 Å². The smallest absolute Gasteiger partial charge is 0.255 e. The molecule has 3 rings (SSSR count). The van der Waals surface area contributed by atoms with E-state index < -0.39 is 0 Å². The van der Waals surface area contributed by atoms with Crippen LogP contribution in [-0.2, 0) is 5.41 Å². The maximum atomic E-state index is 12.4. The number of carbonyl (C=O) groups excluding carboxylic acids is 1. The van der Waals surface area contributed by atoms with Crippen LogP contribution < -0.4 is 5.32 Å². The summed E-state index contributed by atoms with van der Waals surface area (Å²) in [6, 6.07) is 17.5. The number of nitrogens with zero attached hydrogens (tertiary/aromatic N) is 1. The van der Waals surface area contributed by atoms with Gasteiger partial charge in [-0.15, -0.1) is 0 Å². The summed E-state index contributed by atoms with van der Waals surface area (Å²) in [6.45, 7) is 8.45. The molecule has 0 spiro atoms. The molecule has 0 fully saturated rings. The average Bonchev–Trinajstić information content (AvgIpc) is 2.54. The first-order valence-corrected chi connectivity index (χ1v) is 8.12. The van der Waals surface area contributed by atoms with Crippen molar-refractivity contribution < 1.29 is 4.79 Å². The number of pyridine rings is 1. The van der Waals surface area contributed by atoms with Crippen LogP contribution in [0, 0.1) is 6.92 Å². The molecular weight excluding hydrogens is 296 g/mol. The highest BCUT2D eigenvalue weighted by atomic mass is 16.1. The fourth-order valence-corrected chi connectivity index (χ4v) is 2.63. The molecule has 0 aliphatic heterocycles. The van der Waals surface area contributed by atoms with E-state index >= 15 is 0 Å². The van der Waals surface area contributed by atoms with Gasteiger partial charge in [-0.3, -0.25) is 9.78 Å². The molecule has 1 heterocycles. The lowest BCUT2D eigenvalue weighted by Crippen LogP contribution is -2.14. The Morgan fingerprint density at radius 1 is 0.958 bits per heavy atom. The summed E-state index contributed by atoms with van der Waals surface area (Å²) in [5, 5.41) is 3.97. The number of aromatic nitrogens is 1. The molecule has 1 amide bonds. The second-order valence-corrected chi connectivity index (χ2v) is 7.14. The molecule has 0 saturated carbocycles. The fraction of sp³-hybridized carbons (Fsp3) is 0.238. The Labute approximate surface area is 142 Å². The van der Waals surface area contributed by atoms with Crippen molar-refractivity contribution in [1.82, 2.24) is 4.98 Å². The van der Waals surface area contributed by atoms with Crippen LogP contribution in [0.25, 0.3) is 10.9 Å². The highest BCUT2D eigenvalue weighted by Gasteiger charge is 2.14. The summed E-state index contributed by atoms with van der Waals surface area (Å²) in [5.41, 5.74) is 4.65. The molecule has 1 aromatic heterocycles. The summed E-state index contributed by atoms with van der Waals surface area (Å²) < 4.78 is 0. The maximum absolute atomic E-state index is 12.4. The molecule has 0 unspecified atom stereocenters. The zero-order chi connectivity index (χ0) is 17.3. The molecule has 3 nitrogen and oxygen atoms in total. The predicted molar refractivity (Wildman–Crippen MR) is 99.6 cm³/mol. The quantitative estimate of drug-likeness (QED) is 0.715. The number of fused-ring (bicyclic) bond motifs is 1. The Hall–Kier alpha value is -2.68. The molecule has 0 radical (unpaired) electrons. The maximum Gasteiger partial charge on any atom is 0.255 e. The number of benzene rings is 2. The topological polar surface area (TPSA) is 42.0 Å². The van der Waals surface area contributed by atoms with Gasteiger partial charge in [-0.05, 0) is 54.3 Å². The lowest BCUT2D eigenvalue weighted by Gasteiger charge is -2.19. The van der Waals surface area contributed by atoms with Crippen molar-refractivity contribution in [2.75, 3.05) is 5.32 Å². The van der Waals surface area contributed by atoms with E-state index in [-0.39, 0.29) is 11.3 Å². The normalized spacial score (nSPS) is 11.5. The molecule has 0 saturated heterocycles. The number of hydrogen-bond donors (Lipinski definition) is 1. The van der Waals surface area contributed by atoms with Crippen molar-refractivity contribution in [1.29, 1.82) is 0 Å². The molecule has 1 N–H and O–H groups in total. The number of carbonyl (C=O) groups is 1. The lowest BCUT2D eigenvalue weighted by atomic mass is 9.87. The van der Waals surface area contributed by atoms with Crippen molar-refractivity contribution in [3.8, 4) is 0 Å². The third kappa shape index (κ3) is 3.46. The van der Waals surface area contributed by atoms with Gasteiger partial charge in [0.1, 0.15) is 0 Å². The Kier molecular flexibility index (Phi) is 4.10. The van der Waals surface area contributed by atoms with Gasteiger partial charge in [0.05, 0.1) is 5.52 Å². The number of nitrogens with one attached hydrogen (secondary N) is 1.